The summed E-state index contributed by atoms with van der Waals surface area (Å²) in [6.45, 7) is 4.26. The van der Waals surface area contributed by atoms with Gasteiger partial charge in [0.25, 0.3) is 0 Å². The van der Waals surface area contributed by atoms with Crippen LogP contribution in [-0.4, -0.2) is 9.97 Å². The predicted molar refractivity (Wildman–Crippen MR) is 60.9 cm³/mol. The first-order valence-electron chi connectivity index (χ1n) is 5.15. The molecule has 0 bridgehead atoms. The van der Waals surface area contributed by atoms with E-state index in [0.29, 0.717) is 11.4 Å². The van der Waals surface area contributed by atoms with Gasteiger partial charge in [0.05, 0.1) is 5.52 Å². The van der Waals surface area contributed by atoms with Crippen LogP contribution in [0.5, 0.6) is 0 Å². The topological polar surface area (TPSA) is 45.8 Å². The molecule has 78 valence electrons. The van der Waals surface area contributed by atoms with Crippen molar-refractivity contribution in [1.29, 1.82) is 0 Å². The molecule has 3 nitrogen and oxygen atoms in total. The number of aromatic amines is 1. The van der Waals surface area contributed by atoms with E-state index in [1.54, 1.807) is 12.1 Å². The second-order valence-electron chi connectivity index (χ2n) is 4.13. The van der Waals surface area contributed by atoms with Gasteiger partial charge in [0.15, 0.2) is 0 Å². The van der Waals surface area contributed by atoms with E-state index in [9.17, 15) is 4.79 Å². The third-order valence-corrected chi connectivity index (χ3v) is 2.24. The zero-order valence-electron chi connectivity index (χ0n) is 8.95. The fraction of sp³-hybridized carbons (Fsp3) is 0.333. The Morgan fingerprint density at radius 1 is 1.33 bits per heavy atom. The maximum absolute atomic E-state index is 11.6. The second-order valence-corrected chi connectivity index (χ2v) is 4.13. The zero-order valence-corrected chi connectivity index (χ0v) is 8.95. The molecule has 1 aromatic heterocycles. The van der Waals surface area contributed by atoms with Crippen molar-refractivity contribution in [3.8, 4) is 0 Å². The number of hydrogen-bond acceptors (Lipinski definition) is 2. The molecule has 0 saturated carbocycles. The quantitative estimate of drug-likeness (QED) is 0.810. The van der Waals surface area contributed by atoms with Gasteiger partial charge in [0.1, 0.15) is 11.3 Å². The number of nitrogens with one attached hydrogen (secondary N) is 1. The van der Waals surface area contributed by atoms with Crippen LogP contribution in [-0.2, 0) is 6.42 Å². The molecule has 0 fully saturated rings. The lowest BCUT2D eigenvalue weighted by Gasteiger charge is -1.98. The summed E-state index contributed by atoms with van der Waals surface area (Å²) in [5.41, 5.74) is 1.33. The van der Waals surface area contributed by atoms with Crippen LogP contribution < -0.4 is 5.43 Å². The maximum Gasteiger partial charge on any atom is 0.206 e. The van der Waals surface area contributed by atoms with Gasteiger partial charge in [-0.25, -0.2) is 4.98 Å². The van der Waals surface area contributed by atoms with Gasteiger partial charge in [-0.05, 0) is 18.1 Å². The van der Waals surface area contributed by atoms with Gasteiger partial charge in [-0.2, -0.15) is 0 Å². The van der Waals surface area contributed by atoms with E-state index >= 15 is 0 Å². The van der Waals surface area contributed by atoms with Crippen LogP contribution in [0.4, 0.5) is 0 Å². The number of rotatable bonds is 2. The van der Waals surface area contributed by atoms with E-state index in [4.69, 9.17) is 0 Å². The van der Waals surface area contributed by atoms with Crippen molar-refractivity contribution >= 4 is 11.0 Å². The summed E-state index contributed by atoms with van der Waals surface area (Å²) < 4.78 is 0. The molecular weight excluding hydrogens is 188 g/mol. The average Bonchev–Trinajstić information content (AvgIpc) is 2.47. The van der Waals surface area contributed by atoms with Crippen molar-refractivity contribution in [1.82, 2.24) is 9.97 Å². The van der Waals surface area contributed by atoms with Crippen molar-refractivity contribution in [3.05, 3.63) is 40.3 Å². The highest BCUT2D eigenvalue weighted by atomic mass is 16.1. The number of nitrogens with zero attached hydrogens (tertiary/aromatic N) is 1. The molecule has 0 unspecified atom stereocenters. The Balaban J connectivity index is 2.58. The summed E-state index contributed by atoms with van der Waals surface area (Å²) in [6, 6.07) is 7.01. The van der Waals surface area contributed by atoms with Gasteiger partial charge in [0, 0.05) is 6.42 Å². The Bertz CT molecular complexity index is 528. The molecule has 3 heteroatoms. The molecule has 0 aliphatic carbocycles. The summed E-state index contributed by atoms with van der Waals surface area (Å²) in [7, 11) is 0. The van der Waals surface area contributed by atoms with Gasteiger partial charge in [-0.1, -0.05) is 26.0 Å². The number of fused-ring (bicyclic) bond motifs is 1. The highest BCUT2D eigenvalue weighted by Crippen LogP contribution is 2.09. The molecule has 0 aliphatic rings. The Morgan fingerprint density at radius 2 is 2.07 bits per heavy atom. The number of aromatic nitrogens is 2. The molecule has 1 heterocycles. The van der Waals surface area contributed by atoms with Crippen molar-refractivity contribution < 1.29 is 0 Å². The lowest BCUT2D eigenvalue weighted by atomic mass is 10.1. The van der Waals surface area contributed by atoms with E-state index in [1.807, 2.05) is 12.1 Å². The number of H-pyrrole nitrogens is 1. The van der Waals surface area contributed by atoms with Crippen LogP contribution in [0.25, 0.3) is 11.0 Å². The zero-order chi connectivity index (χ0) is 10.8. The summed E-state index contributed by atoms with van der Waals surface area (Å²) in [5, 5.41) is 0. The van der Waals surface area contributed by atoms with Crippen LogP contribution in [0.15, 0.2) is 29.1 Å². The molecule has 0 amide bonds. The van der Waals surface area contributed by atoms with Crippen LogP contribution in [0.1, 0.15) is 19.7 Å². The van der Waals surface area contributed by atoms with E-state index < -0.39 is 0 Å². The SMILES string of the molecule is CC(C)Cc1nc2c(=O)ccccc2[nH]1. The third-order valence-electron chi connectivity index (χ3n) is 2.24. The molecule has 2 aromatic rings. The van der Waals surface area contributed by atoms with Crippen LogP contribution >= 0.6 is 0 Å². The summed E-state index contributed by atoms with van der Waals surface area (Å²) in [5.74, 6) is 1.43. The first-order chi connectivity index (χ1) is 7.16. The Labute approximate surface area is 88.2 Å². The fourth-order valence-corrected chi connectivity index (χ4v) is 1.60. The van der Waals surface area contributed by atoms with Gasteiger partial charge in [-0.3, -0.25) is 4.79 Å². The van der Waals surface area contributed by atoms with Crippen LogP contribution in [0.3, 0.4) is 0 Å². The smallest absolute Gasteiger partial charge is 0.206 e. The standard InChI is InChI=1S/C12H14N2O/c1-8(2)7-11-13-9-5-3-4-6-10(15)12(9)14-11/h3-6,8H,7H2,1-2H3,(H,13,14). The van der Waals surface area contributed by atoms with Gasteiger partial charge >= 0.3 is 0 Å². The van der Waals surface area contributed by atoms with E-state index in [2.05, 4.69) is 23.8 Å². The fourth-order valence-electron chi connectivity index (χ4n) is 1.60. The molecule has 0 saturated heterocycles. The molecule has 0 aliphatic heterocycles. The lowest BCUT2D eigenvalue weighted by Crippen LogP contribution is -1.98. The van der Waals surface area contributed by atoms with Gasteiger partial charge in [0.2, 0.25) is 5.43 Å². The highest BCUT2D eigenvalue weighted by Gasteiger charge is 2.05. The Morgan fingerprint density at radius 3 is 2.80 bits per heavy atom. The molecule has 15 heavy (non-hydrogen) atoms. The monoisotopic (exact) mass is 202 g/mol. The predicted octanol–water partition coefficient (Wildman–Crippen LogP) is 2.12. The normalized spacial score (nSPS) is 11.1. The first-order valence-corrected chi connectivity index (χ1v) is 5.15. The molecule has 0 radical (unpaired) electrons. The van der Waals surface area contributed by atoms with Crippen molar-refractivity contribution in [2.45, 2.75) is 20.3 Å². The maximum atomic E-state index is 11.6. The molecule has 0 spiro atoms. The second kappa shape index (κ2) is 3.85. The molecule has 1 N–H and O–H groups in total. The Hall–Kier alpha value is -1.64. The minimum atomic E-state index is -0.0266. The third kappa shape index (κ3) is 2.06. The molecule has 2 rings (SSSR count). The lowest BCUT2D eigenvalue weighted by molar-refractivity contribution is 0.627. The number of hydrogen-bond donors (Lipinski definition) is 1. The Kier molecular flexibility index (Phi) is 2.54. The average molecular weight is 202 g/mol. The molecular formula is C12H14N2O. The van der Waals surface area contributed by atoms with Crippen molar-refractivity contribution in [3.63, 3.8) is 0 Å². The van der Waals surface area contributed by atoms with E-state index in [1.165, 1.54) is 0 Å². The number of imidazole rings is 1. The van der Waals surface area contributed by atoms with Crippen molar-refractivity contribution in [2.75, 3.05) is 0 Å². The van der Waals surface area contributed by atoms with E-state index in [0.717, 1.165) is 17.8 Å². The largest absolute Gasteiger partial charge is 0.342 e. The van der Waals surface area contributed by atoms with Crippen molar-refractivity contribution in [2.24, 2.45) is 5.92 Å². The summed E-state index contributed by atoms with van der Waals surface area (Å²) in [4.78, 5) is 19.1. The van der Waals surface area contributed by atoms with Gasteiger partial charge < -0.3 is 4.98 Å². The molecule has 1 aromatic carbocycles. The minimum absolute atomic E-state index is 0.0266. The molecule has 0 atom stereocenters. The highest BCUT2D eigenvalue weighted by molar-refractivity contribution is 5.73. The minimum Gasteiger partial charge on any atom is -0.342 e. The van der Waals surface area contributed by atoms with Gasteiger partial charge in [-0.15, -0.1) is 0 Å². The summed E-state index contributed by atoms with van der Waals surface area (Å²) in [6.07, 6.45) is 0.873. The van der Waals surface area contributed by atoms with E-state index in [-0.39, 0.29) is 5.43 Å². The van der Waals surface area contributed by atoms with Crippen LogP contribution in [0, 0.1) is 5.92 Å². The first kappa shape index (κ1) is 9.90. The van der Waals surface area contributed by atoms with Crippen LogP contribution in [0.2, 0.25) is 0 Å². The summed E-state index contributed by atoms with van der Waals surface area (Å²) >= 11 is 0.